The number of anilines is 1. The summed E-state index contributed by atoms with van der Waals surface area (Å²) >= 11 is 0. The molecule has 196 valence electrons. The third-order valence-electron chi connectivity index (χ3n) is 7.63. The van der Waals surface area contributed by atoms with Crippen LogP contribution in [-0.2, 0) is 19.7 Å². The maximum atomic E-state index is 14.0. The number of amides is 2. The Labute approximate surface area is 217 Å². The molecule has 0 bridgehead atoms. The summed E-state index contributed by atoms with van der Waals surface area (Å²) in [5.74, 6) is 1.38. The van der Waals surface area contributed by atoms with Crippen LogP contribution in [-0.4, -0.2) is 67.6 Å². The van der Waals surface area contributed by atoms with Gasteiger partial charge < -0.3 is 28.7 Å². The molecule has 3 unspecified atom stereocenters. The van der Waals surface area contributed by atoms with Crippen LogP contribution >= 0.6 is 0 Å². The summed E-state index contributed by atoms with van der Waals surface area (Å²) in [6, 6.07) is 13.8. The Balaban J connectivity index is 1.21. The summed E-state index contributed by atoms with van der Waals surface area (Å²) in [4.78, 5) is 30.0. The first kappa shape index (κ1) is 24.1. The molecule has 2 amide bonds. The van der Waals surface area contributed by atoms with Gasteiger partial charge in [0.05, 0.1) is 19.2 Å². The average Bonchev–Trinajstić information content (AvgIpc) is 3.64. The van der Waals surface area contributed by atoms with E-state index in [0.717, 1.165) is 42.7 Å². The summed E-state index contributed by atoms with van der Waals surface area (Å²) in [5.41, 5.74) is 1.40. The number of para-hydroxylation sites is 1. The van der Waals surface area contributed by atoms with Crippen molar-refractivity contribution >= 4 is 17.7 Å². The maximum absolute atomic E-state index is 14.0. The predicted octanol–water partition coefficient (Wildman–Crippen LogP) is 4.28. The highest BCUT2D eigenvalue weighted by atomic mass is 16.6. The minimum Gasteiger partial charge on any atom is -0.491 e. The van der Waals surface area contributed by atoms with Crippen molar-refractivity contribution in [2.45, 2.75) is 63.3 Å². The molecule has 4 heterocycles. The van der Waals surface area contributed by atoms with E-state index in [1.165, 1.54) is 0 Å². The SMILES string of the molecule is CC(C)(C)OC(=O)N1CCC(Oc2ccc3c(c2)OCC32C(=O)N(CC3CCCO3)c3ccccc32)C1. The molecule has 8 heteroatoms. The standard InChI is InChI=1S/C29H34N2O6/c1-28(2,3)37-27(33)30-13-12-21(16-30)36-19-10-11-23-25(15-19)35-18-29(23)22-8-4-5-9-24(22)31(26(29)32)17-20-7-6-14-34-20/h4-5,8-11,15,20-21H,6-7,12-14,16-18H2,1-3H3. The van der Waals surface area contributed by atoms with Gasteiger partial charge in [0.15, 0.2) is 0 Å². The minimum atomic E-state index is -0.857. The van der Waals surface area contributed by atoms with Gasteiger partial charge in [0.1, 0.15) is 35.2 Å². The smallest absolute Gasteiger partial charge is 0.410 e. The van der Waals surface area contributed by atoms with Crippen LogP contribution in [0.4, 0.5) is 10.5 Å². The lowest BCUT2D eigenvalue weighted by Gasteiger charge is -2.25. The van der Waals surface area contributed by atoms with Crippen molar-refractivity contribution in [1.82, 2.24) is 4.90 Å². The van der Waals surface area contributed by atoms with Crippen LogP contribution in [0.3, 0.4) is 0 Å². The van der Waals surface area contributed by atoms with Gasteiger partial charge in [-0.15, -0.1) is 0 Å². The van der Waals surface area contributed by atoms with Gasteiger partial charge in [0.25, 0.3) is 0 Å². The van der Waals surface area contributed by atoms with E-state index in [2.05, 4.69) is 0 Å². The van der Waals surface area contributed by atoms with E-state index in [4.69, 9.17) is 18.9 Å². The van der Waals surface area contributed by atoms with E-state index in [-0.39, 0.29) is 30.8 Å². The van der Waals surface area contributed by atoms with E-state index >= 15 is 0 Å². The molecular formula is C29H34N2O6. The van der Waals surface area contributed by atoms with Gasteiger partial charge in [0, 0.05) is 36.9 Å². The number of carbonyl (C=O) groups is 2. The topological polar surface area (TPSA) is 77.5 Å². The number of benzene rings is 2. The average molecular weight is 507 g/mol. The number of fused-ring (bicyclic) bond motifs is 4. The quantitative estimate of drug-likeness (QED) is 0.616. The largest absolute Gasteiger partial charge is 0.491 e. The van der Waals surface area contributed by atoms with Gasteiger partial charge >= 0.3 is 6.09 Å². The van der Waals surface area contributed by atoms with Crippen LogP contribution in [0.25, 0.3) is 0 Å². The van der Waals surface area contributed by atoms with Crippen LogP contribution in [0.5, 0.6) is 11.5 Å². The molecule has 2 fully saturated rings. The van der Waals surface area contributed by atoms with E-state index < -0.39 is 11.0 Å². The fourth-order valence-corrected chi connectivity index (χ4v) is 5.92. The zero-order chi connectivity index (χ0) is 25.8. The second kappa shape index (κ2) is 8.94. The fourth-order valence-electron chi connectivity index (χ4n) is 5.92. The van der Waals surface area contributed by atoms with Gasteiger partial charge in [0.2, 0.25) is 5.91 Å². The predicted molar refractivity (Wildman–Crippen MR) is 137 cm³/mol. The van der Waals surface area contributed by atoms with Gasteiger partial charge in [-0.2, -0.15) is 0 Å². The zero-order valence-electron chi connectivity index (χ0n) is 21.7. The summed E-state index contributed by atoms with van der Waals surface area (Å²) in [5, 5.41) is 0. The fraction of sp³-hybridized carbons (Fsp3) is 0.517. The van der Waals surface area contributed by atoms with Crippen LogP contribution in [0, 0.1) is 0 Å². The Hall–Kier alpha value is -3.26. The molecule has 2 saturated heterocycles. The first-order valence-electron chi connectivity index (χ1n) is 13.2. The Morgan fingerprint density at radius 3 is 2.76 bits per heavy atom. The van der Waals surface area contributed by atoms with E-state index in [0.29, 0.717) is 31.1 Å². The van der Waals surface area contributed by atoms with E-state index in [9.17, 15) is 9.59 Å². The van der Waals surface area contributed by atoms with Crippen LogP contribution in [0.15, 0.2) is 42.5 Å². The van der Waals surface area contributed by atoms with Crippen molar-refractivity contribution in [3.05, 3.63) is 53.6 Å². The van der Waals surface area contributed by atoms with Crippen molar-refractivity contribution in [3.63, 3.8) is 0 Å². The molecule has 0 N–H and O–H groups in total. The molecule has 0 radical (unpaired) electrons. The lowest BCUT2D eigenvalue weighted by Crippen LogP contribution is -2.44. The van der Waals surface area contributed by atoms with Crippen LogP contribution in [0.2, 0.25) is 0 Å². The molecule has 37 heavy (non-hydrogen) atoms. The molecule has 3 atom stereocenters. The number of ether oxygens (including phenoxy) is 4. The summed E-state index contributed by atoms with van der Waals surface area (Å²) in [6.45, 7) is 8.23. The first-order valence-corrected chi connectivity index (χ1v) is 13.2. The minimum absolute atomic E-state index is 0.0420. The summed E-state index contributed by atoms with van der Waals surface area (Å²) in [7, 11) is 0. The molecule has 8 nitrogen and oxygen atoms in total. The Kier molecular flexibility index (Phi) is 5.82. The van der Waals surface area contributed by atoms with Gasteiger partial charge in [-0.1, -0.05) is 24.3 Å². The molecular weight excluding hydrogens is 472 g/mol. The molecule has 0 saturated carbocycles. The molecule has 4 aliphatic rings. The number of hydrogen-bond donors (Lipinski definition) is 0. The van der Waals surface area contributed by atoms with Gasteiger partial charge in [-0.05, 0) is 51.3 Å². The highest BCUT2D eigenvalue weighted by molar-refractivity contribution is 6.11. The Bertz CT molecular complexity index is 1220. The highest BCUT2D eigenvalue weighted by Gasteiger charge is 2.57. The van der Waals surface area contributed by atoms with Crippen molar-refractivity contribution in [2.75, 3.05) is 37.7 Å². The number of hydrogen-bond acceptors (Lipinski definition) is 6. The molecule has 4 aliphatic heterocycles. The molecule has 0 aromatic heterocycles. The van der Waals surface area contributed by atoms with E-state index in [1.54, 1.807) is 4.90 Å². The summed E-state index contributed by atoms with van der Waals surface area (Å²) in [6.07, 6.45) is 2.35. The van der Waals surface area contributed by atoms with Gasteiger partial charge in [-0.25, -0.2) is 4.79 Å². The normalized spacial score (nSPS) is 26.4. The third-order valence-corrected chi connectivity index (χ3v) is 7.63. The third kappa shape index (κ3) is 4.21. The number of nitrogens with zero attached hydrogens (tertiary/aromatic N) is 2. The van der Waals surface area contributed by atoms with Crippen molar-refractivity contribution in [1.29, 1.82) is 0 Å². The maximum Gasteiger partial charge on any atom is 0.410 e. The Morgan fingerprint density at radius 1 is 1.14 bits per heavy atom. The lowest BCUT2D eigenvalue weighted by molar-refractivity contribution is -0.122. The summed E-state index contributed by atoms with van der Waals surface area (Å²) < 4.78 is 23.7. The van der Waals surface area contributed by atoms with Crippen LogP contribution in [0.1, 0.15) is 51.2 Å². The number of rotatable bonds is 4. The lowest BCUT2D eigenvalue weighted by atomic mass is 9.77. The van der Waals surface area contributed by atoms with Crippen LogP contribution < -0.4 is 14.4 Å². The molecule has 6 rings (SSSR count). The van der Waals surface area contributed by atoms with Crippen molar-refractivity contribution < 1.29 is 28.5 Å². The van der Waals surface area contributed by atoms with Crippen molar-refractivity contribution in [2.24, 2.45) is 0 Å². The van der Waals surface area contributed by atoms with E-state index in [1.807, 2.05) is 68.1 Å². The number of likely N-dealkylation sites (tertiary alicyclic amines) is 1. The second-order valence-corrected chi connectivity index (χ2v) is 11.4. The number of carbonyl (C=O) groups excluding carboxylic acids is 2. The molecule has 0 aliphatic carbocycles. The highest BCUT2D eigenvalue weighted by Crippen LogP contribution is 2.53. The second-order valence-electron chi connectivity index (χ2n) is 11.4. The molecule has 1 spiro atoms. The van der Waals surface area contributed by atoms with Gasteiger partial charge in [-0.3, -0.25) is 4.79 Å². The Morgan fingerprint density at radius 2 is 1.97 bits per heavy atom. The molecule has 2 aromatic rings. The first-order chi connectivity index (χ1) is 17.7. The molecule has 2 aromatic carbocycles. The zero-order valence-corrected chi connectivity index (χ0v) is 21.7. The van der Waals surface area contributed by atoms with Crippen molar-refractivity contribution in [3.8, 4) is 11.5 Å². The monoisotopic (exact) mass is 506 g/mol.